The Balaban J connectivity index is 1.83. The minimum absolute atomic E-state index is 0.00120. The topological polar surface area (TPSA) is 86.8 Å². The fourth-order valence-corrected chi connectivity index (χ4v) is 6.81. The largest absolute Gasteiger partial charge is 0.354 e. The molecule has 4 aromatic carbocycles. The molecule has 0 bridgehead atoms. The first-order valence-electron chi connectivity index (χ1n) is 14.7. The van der Waals surface area contributed by atoms with Gasteiger partial charge in [0.1, 0.15) is 12.6 Å². The van der Waals surface area contributed by atoms with Gasteiger partial charge < -0.3 is 10.2 Å². The van der Waals surface area contributed by atoms with E-state index in [1.54, 1.807) is 48.5 Å². The van der Waals surface area contributed by atoms with E-state index in [4.69, 9.17) is 23.2 Å². The van der Waals surface area contributed by atoms with Crippen LogP contribution in [-0.2, 0) is 32.6 Å². The molecule has 4 rings (SSSR count). The fourth-order valence-electron chi connectivity index (χ4n) is 4.99. The number of hydrogen-bond acceptors (Lipinski definition) is 4. The molecule has 1 N–H and O–H groups in total. The lowest BCUT2D eigenvalue weighted by molar-refractivity contribution is -0.140. The highest BCUT2D eigenvalue weighted by molar-refractivity contribution is 7.92. The number of carbonyl (C=O) groups excluding carboxylic acids is 2. The third-order valence-electron chi connectivity index (χ3n) is 7.61. The Bertz CT molecular complexity index is 1730. The van der Waals surface area contributed by atoms with Crippen molar-refractivity contribution in [2.75, 3.05) is 17.4 Å². The van der Waals surface area contributed by atoms with Crippen molar-refractivity contribution in [3.8, 4) is 0 Å². The minimum atomic E-state index is -4.18. The lowest BCUT2D eigenvalue weighted by atomic mass is 10.0. The molecule has 0 heterocycles. The first kappa shape index (κ1) is 34.0. The van der Waals surface area contributed by atoms with E-state index in [1.807, 2.05) is 57.2 Å². The smallest absolute Gasteiger partial charge is 0.264 e. The summed E-state index contributed by atoms with van der Waals surface area (Å²) in [7, 11) is -4.18. The number of benzene rings is 4. The molecule has 10 heteroatoms. The Morgan fingerprint density at radius 1 is 0.822 bits per heavy atom. The summed E-state index contributed by atoms with van der Waals surface area (Å²) >= 11 is 12.5. The molecule has 236 valence electrons. The lowest BCUT2D eigenvalue weighted by Crippen LogP contribution is -2.53. The van der Waals surface area contributed by atoms with E-state index in [0.29, 0.717) is 34.3 Å². The number of rotatable bonds is 13. The monoisotopic (exact) mass is 665 g/mol. The Hall–Kier alpha value is -3.85. The quantitative estimate of drug-likeness (QED) is 0.167. The SMILES string of the molecule is CCCNC(=O)[C@H](Cc1ccccc1)N(Cc1ccc(Cl)c(Cl)c1)C(=O)CN(c1cccc(C)c1C)S(=O)(=O)c1ccccc1. The maximum atomic E-state index is 14.5. The van der Waals surface area contributed by atoms with Crippen LogP contribution in [0, 0.1) is 13.8 Å². The molecule has 0 aliphatic rings. The van der Waals surface area contributed by atoms with Gasteiger partial charge in [0.2, 0.25) is 11.8 Å². The van der Waals surface area contributed by atoms with Crippen molar-refractivity contribution in [2.24, 2.45) is 0 Å². The number of sulfonamides is 1. The molecular weight excluding hydrogens is 629 g/mol. The molecule has 45 heavy (non-hydrogen) atoms. The zero-order chi connectivity index (χ0) is 32.6. The van der Waals surface area contributed by atoms with Crippen molar-refractivity contribution < 1.29 is 18.0 Å². The highest BCUT2D eigenvalue weighted by Crippen LogP contribution is 2.30. The highest BCUT2D eigenvalue weighted by atomic mass is 35.5. The number of halogens is 2. The molecule has 0 spiro atoms. The van der Waals surface area contributed by atoms with Gasteiger partial charge in [0, 0.05) is 19.5 Å². The van der Waals surface area contributed by atoms with Gasteiger partial charge in [-0.3, -0.25) is 13.9 Å². The summed E-state index contributed by atoms with van der Waals surface area (Å²) in [5, 5.41) is 3.60. The molecule has 7 nitrogen and oxygen atoms in total. The normalized spacial score (nSPS) is 11.9. The van der Waals surface area contributed by atoms with Crippen LogP contribution in [0.2, 0.25) is 10.0 Å². The Morgan fingerprint density at radius 2 is 1.49 bits per heavy atom. The molecule has 0 aliphatic heterocycles. The molecule has 2 amide bonds. The second-order valence-corrected chi connectivity index (χ2v) is 13.5. The second kappa shape index (κ2) is 15.4. The van der Waals surface area contributed by atoms with Gasteiger partial charge >= 0.3 is 0 Å². The van der Waals surface area contributed by atoms with Crippen LogP contribution in [0.3, 0.4) is 0 Å². The summed E-state index contributed by atoms with van der Waals surface area (Å²) in [6, 6.07) is 26.8. The van der Waals surface area contributed by atoms with Crippen LogP contribution in [-0.4, -0.2) is 44.3 Å². The molecule has 1 atom stereocenters. The van der Waals surface area contributed by atoms with Gasteiger partial charge in [-0.25, -0.2) is 8.42 Å². The molecule has 0 aromatic heterocycles. The van der Waals surface area contributed by atoms with E-state index in [2.05, 4.69) is 5.32 Å². The molecule has 4 aromatic rings. The fraction of sp³-hybridized carbons (Fsp3) is 0.257. The van der Waals surface area contributed by atoms with Crippen LogP contribution in [0.1, 0.15) is 35.6 Å². The Morgan fingerprint density at radius 3 is 2.13 bits per heavy atom. The van der Waals surface area contributed by atoms with Crippen LogP contribution < -0.4 is 9.62 Å². The van der Waals surface area contributed by atoms with Crippen LogP contribution in [0.5, 0.6) is 0 Å². The lowest BCUT2D eigenvalue weighted by Gasteiger charge is -2.34. The van der Waals surface area contributed by atoms with Gasteiger partial charge in [-0.15, -0.1) is 0 Å². The predicted octanol–water partition coefficient (Wildman–Crippen LogP) is 6.97. The second-order valence-electron chi connectivity index (χ2n) is 10.8. The van der Waals surface area contributed by atoms with Crippen molar-refractivity contribution in [3.05, 3.63) is 129 Å². The summed E-state index contributed by atoms with van der Waals surface area (Å²) < 4.78 is 29.5. The maximum Gasteiger partial charge on any atom is 0.264 e. The van der Waals surface area contributed by atoms with Gasteiger partial charge in [-0.05, 0) is 72.9 Å². The summed E-state index contributed by atoms with van der Waals surface area (Å²) in [6.45, 7) is 5.55. The van der Waals surface area contributed by atoms with Crippen molar-refractivity contribution >= 4 is 50.7 Å². The van der Waals surface area contributed by atoms with E-state index in [1.165, 1.54) is 17.0 Å². The van der Waals surface area contributed by atoms with Crippen molar-refractivity contribution in [1.82, 2.24) is 10.2 Å². The van der Waals surface area contributed by atoms with Gasteiger partial charge in [-0.1, -0.05) is 96.9 Å². The average Bonchev–Trinajstić information content (AvgIpc) is 3.04. The van der Waals surface area contributed by atoms with Gasteiger partial charge in [-0.2, -0.15) is 0 Å². The zero-order valence-corrected chi connectivity index (χ0v) is 27.9. The summed E-state index contributed by atoms with van der Waals surface area (Å²) in [5.74, 6) is -0.882. The first-order valence-corrected chi connectivity index (χ1v) is 16.9. The average molecular weight is 667 g/mol. The molecular formula is C35H37Cl2N3O4S. The number of nitrogens with zero attached hydrogens (tertiary/aromatic N) is 2. The van der Waals surface area contributed by atoms with Crippen molar-refractivity contribution in [2.45, 2.75) is 51.1 Å². The molecule has 0 radical (unpaired) electrons. The van der Waals surface area contributed by atoms with E-state index in [9.17, 15) is 18.0 Å². The van der Waals surface area contributed by atoms with Gasteiger partial charge in [0.25, 0.3) is 10.0 Å². The third kappa shape index (κ3) is 8.45. The predicted molar refractivity (Wildman–Crippen MR) is 181 cm³/mol. The van der Waals surface area contributed by atoms with Gasteiger partial charge in [0.05, 0.1) is 20.6 Å². The number of aryl methyl sites for hydroxylation is 1. The van der Waals surface area contributed by atoms with E-state index >= 15 is 0 Å². The number of nitrogens with one attached hydrogen (secondary N) is 1. The number of amides is 2. The summed E-state index contributed by atoms with van der Waals surface area (Å²) in [5.41, 5.74) is 3.48. The Kier molecular flexibility index (Phi) is 11.7. The van der Waals surface area contributed by atoms with Crippen LogP contribution >= 0.6 is 23.2 Å². The van der Waals surface area contributed by atoms with Crippen molar-refractivity contribution in [3.63, 3.8) is 0 Å². The number of anilines is 1. The van der Waals surface area contributed by atoms with E-state index in [-0.39, 0.29) is 23.8 Å². The number of hydrogen-bond donors (Lipinski definition) is 1. The molecule has 0 saturated carbocycles. The van der Waals surface area contributed by atoms with E-state index in [0.717, 1.165) is 21.0 Å². The maximum absolute atomic E-state index is 14.5. The standard InChI is InChI=1S/C35H37Cl2N3O4S/c1-4-20-38-35(42)33(22-27-13-7-5-8-14-27)39(23-28-18-19-30(36)31(37)21-28)34(41)24-40(32-17-11-12-25(2)26(32)3)45(43,44)29-15-9-6-10-16-29/h5-19,21,33H,4,20,22-24H2,1-3H3,(H,38,42)/t33-/m0/s1. The zero-order valence-electron chi connectivity index (χ0n) is 25.5. The Labute approximate surface area is 275 Å². The third-order valence-corrected chi connectivity index (χ3v) is 10.1. The molecule has 0 unspecified atom stereocenters. The molecule has 0 saturated heterocycles. The summed E-state index contributed by atoms with van der Waals surface area (Å²) in [4.78, 5) is 29.8. The molecule has 0 aliphatic carbocycles. The van der Waals surface area contributed by atoms with Crippen LogP contribution in [0.25, 0.3) is 0 Å². The van der Waals surface area contributed by atoms with Crippen LogP contribution in [0.4, 0.5) is 5.69 Å². The highest BCUT2D eigenvalue weighted by Gasteiger charge is 2.35. The first-order chi connectivity index (χ1) is 21.5. The van der Waals surface area contributed by atoms with Crippen LogP contribution in [0.15, 0.2) is 102 Å². The minimum Gasteiger partial charge on any atom is -0.354 e. The van der Waals surface area contributed by atoms with Crippen molar-refractivity contribution in [1.29, 1.82) is 0 Å². The van der Waals surface area contributed by atoms with E-state index < -0.39 is 28.5 Å². The summed E-state index contributed by atoms with van der Waals surface area (Å²) in [6.07, 6.45) is 0.929. The van der Waals surface area contributed by atoms with Gasteiger partial charge in [0.15, 0.2) is 0 Å². The number of carbonyl (C=O) groups is 2. The molecule has 0 fully saturated rings.